The van der Waals surface area contributed by atoms with Gasteiger partial charge in [0.15, 0.2) is 5.96 Å². The summed E-state index contributed by atoms with van der Waals surface area (Å²) in [7, 11) is 1.81. The molecule has 7 heteroatoms. The summed E-state index contributed by atoms with van der Waals surface area (Å²) in [6.45, 7) is 13.5. The monoisotopic (exact) mass is 437 g/mol. The van der Waals surface area contributed by atoms with E-state index in [0.29, 0.717) is 6.54 Å². The molecule has 7 nitrogen and oxygen atoms in total. The van der Waals surface area contributed by atoms with Crippen LogP contribution in [-0.2, 0) is 6.54 Å². The van der Waals surface area contributed by atoms with E-state index in [1.165, 1.54) is 5.69 Å². The van der Waals surface area contributed by atoms with Gasteiger partial charge in [-0.05, 0) is 43.7 Å². The van der Waals surface area contributed by atoms with Gasteiger partial charge in [-0.1, -0.05) is 31.2 Å². The van der Waals surface area contributed by atoms with Gasteiger partial charge in [0.25, 0.3) is 0 Å². The van der Waals surface area contributed by atoms with Crippen molar-refractivity contribution in [3.8, 4) is 0 Å². The van der Waals surface area contributed by atoms with E-state index in [1.807, 2.05) is 13.2 Å². The normalized spacial score (nSPS) is 15.0. The van der Waals surface area contributed by atoms with Gasteiger partial charge < -0.3 is 25.3 Å². The van der Waals surface area contributed by atoms with Crippen LogP contribution in [0.3, 0.4) is 0 Å². The van der Waals surface area contributed by atoms with Crippen molar-refractivity contribution >= 4 is 17.5 Å². The SMILES string of the molecule is CCN1CCN(c2ccc(CNC(=NC)NCCCN(CC)c3ccccc3)cn2)CC1. The number of rotatable bonds is 10. The van der Waals surface area contributed by atoms with Crippen LogP contribution in [0, 0.1) is 0 Å². The zero-order valence-electron chi connectivity index (χ0n) is 19.9. The highest BCUT2D eigenvalue weighted by Crippen LogP contribution is 2.14. The van der Waals surface area contributed by atoms with Crippen molar-refractivity contribution in [3.05, 3.63) is 54.2 Å². The molecule has 174 valence electrons. The van der Waals surface area contributed by atoms with Crippen LogP contribution in [0.2, 0.25) is 0 Å². The molecule has 2 aromatic rings. The number of guanidine groups is 1. The fourth-order valence-electron chi connectivity index (χ4n) is 3.99. The number of likely N-dealkylation sites (N-methyl/N-ethyl adjacent to an activating group) is 1. The molecule has 0 atom stereocenters. The summed E-state index contributed by atoms with van der Waals surface area (Å²) in [4.78, 5) is 16.3. The molecular formula is C25H39N7. The number of aliphatic imine (C=N–C) groups is 1. The second-order valence-corrected chi connectivity index (χ2v) is 8.07. The molecule has 0 aliphatic carbocycles. The standard InChI is InChI=1S/C25H39N7/c1-4-30-16-18-32(19-17-30)24-13-12-22(20-28-24)21-29-25(26-3)27-14-9-15-31(5-2)23-10-7-6-8-11-23/h6-8,10-13,20H,4-5,9,14-19,21H2,1-3H3,(H2,26,27,29). The number of para-hydroxylation sites is 1. The van der Waals surface area contributed by atoms with Gasteiger partial charge in [-0.2, -0.15) is 0 Å². The second-order valence-electron chi connectivity index (χ2n) is 8.07. The molecule has 1 aliphatic heterocycles. The molecule has 1 aromatic carbocycles. The summed E-state index contributed by atoms with van der Waals surface area (Å²) in [6.07, 6.45) is 3.02. The fraction of sp³-hybridized carbons (Fsp3) is 0.520. The molecule has 0 bridgehead atoms. The third-order valence-corrected chi connectivity index (χ3v) is 6.04. The number of piperazine rings is 1. The molecule has 1 aromatic heterocycles. The topological polar surface area (TPSA) is 59.0 Å². The Hall–Kier alpha value is -2.80. The zero-order valence-corrected chi connectivity index (χ0v) is 19.9. The molecule has 1 fully saturated rings. The van der Waals surface area contributed by atoms with Gasteiger partial charge in [0.1, 0.15) is 5.82 Å². The van der Waals surface area contributed by atoms with Gasteiger partial charge in [-0.25, -0.2) is 4.98 Å². The highest BCUT2D eigenvalue weighted by molar-refractivity contribution is 5.79. The molecule has 0 unspecified atom stereocenters. The first-order valence-electron chi connectivity index (χ1n) is 11.9. The molecule has 0 amide bonds. The van der Waals surface area contributed by atoms with Crippen molar-refractivity contribution in [2.24, 2.45) is 4.99 Å². The summed E-state index contributed by atoms with van der Waals surface area (Å²) in [6, 6.07) is 14.9. The van der Waals surface area contributed by atoms with E-state index in [-0.39, 0.29) is 0 Å². The van der Waals surface area contributed by atoms with Crippen LogP contribution in [0.1, 0.15) is 25.8 Å². The Labute approximate surface area is 193 Å². The second kappa shape index (κ2) is 12.9. The van der Waals surface area contributed by atoms with E-state index in [2.05, 4.69) is 86.6 Å². The zero-order chi connectivity index (χ0) is 22.6. The Kier molecular flexibility index (Phi) is 9.62. The molecular weight excluding hydrogens is 398 g/mol. The van der Waals surface area contributed by atoms with Gasteiger partial charge >= 0.3 is 0 Å². The highest BCUT2D eigenvalue weighted by Gasteiger charge is 2.16. The molecule has 2 N–H and O–H groups in total. The molecule has 2 heterocycles. The average molecular weight is 438 g/mol. The lowest BCUT2D eigenvalue weighted by atomic mass is 10.2. The van der Waals surface area contributed by atoms with Crippen LogP contribution in [0.15, 0.2) is 53.7 Å². The van der Waals surface area contributed by atoms with Crippen LogP contribution < -0.4 is 20.4 Å². The van der Waals surface area contributed by atoms with Crippen LogP contribution in [0.4, 0.5) is 11.5 Å². The number of nitrogens with one attached hydrogen (secondary N) is 2. The van der Waals surface area contributed by atoms with Crippen LogP contribution in [-0.4, -0.2) is 75.2 Å². The molecule has 1 aliphatic rings. The van der Waals surface area contributed by atoms with Crippen molar-refractivity contribution in [1.29, 1.82) is 0 Å². The Bertz CT molecular complexity index is 799. The van der Waals surface area contributed by atoms with Crippen molar-refractivity contribution < 1.29 is 0 Å². The summed E-state index contributed by atoms with van der Waals surface area (Å²) in [5.74, 6) is 1.90. The van der Waals surface area contributed by atoms with Crippen molar-refractivity contribution in [1.82, 2.24) is 20.5 Å². The minimum absolute atomic E-state index is 0.710. The maximum atomic E-state index is 4.69. The van der Waals surface area contributed by atoms with Crippen molar-refractivity contribution in [2.75, 3.05) is 69.2 Å². The van der Waals surface area contributed by atoms with Gasteiger partial charge in [-0.3, -0.25) is 4.99 Å². The summed E-state index contributed by atoms with van der Waals surface area (Å²) >= 11 is 0. The van der Waals surface area contributed by atoms with Crippen molar-refractivity contribution in [3.63, 3.8) is 0 Å². The average Bonchev–Trinajstić information content (AvgIpc) is 2.87. The molecule has 0 saturated carbocycles. The number of benzene rings is 1. The van der Waals surface area contributed by atoms with Gasteiger partial charge in [0.05, 0.1) is 0 Å². The maximum Gasteiger partial charge on any atom is 0.191 e. The van der Waals surface area contributed by atoms with Crippen molar-refractivity contribution in [2.45, 2.75) is 26.8 Å². The van der Waals surface area contributed by atoms with Crippen LogP contribution >= 0.6 is 0 Å². The van der Waals surface area contributed by atoms with E-state index in [9.17, 15) is 0 Å². The number of hydrogen-bond donors (Lipinski definition) is 2. The quantitative estimate of drug-likeness (QED) is 0.339. The third-order valence-electron chi connectivity index (χ3n) is 6.04. The van der Waals surface area contributed by atoms with Crippen LogP contribution in [0.25, 0.3) is 0 Å². The predicted octanol–water partition coefficient (Wildman–Crippen LogP) is 2.81. The van der Waals surface area contributed by atoms with E-state index < -0.39 is 0 Å². The highest BCUT2D eigenvalue weighted by atomic mass is 15.3. The smallest absolute Gasteiger partial charge is 0.191 e. The van der Waals surface area contributed by atoms with E-state index >= 15 is 0 Å². The molecule has 0 spiro atoms. The lowest BCUT2D eigenvalue weighted by Gasteiger charge is -2.34. The molecule has 32 heavy (non-hydrogen) atoms. The lowest BCUT2D eigenvalue weighted by molar-refractivity contribution is 0.270. The first kappa shape index (κ1) is 23.9. The Balaban J connectivity index is 1.38. The minimum Gasteiger partial charge on any atom is -0.372 e. The Morgan fingerprint density at radius 3 is 2.44 bits per heavy atom. The molecule has 0 radical (unpaired) electrons. The number of anilines is 2. The van der Waals surface area contributed by atoms with E-state index in [0.717, 1.165) is 76.1 Å². The van der Waals surface area contributed by atoms with Crippen LogP contribution in [0.5, 0.6) is 0 Å². The molecule has 3 rings (SSSR count). The number of pyridine rings is 1. The lowest BCUT2D eigenvalue weighted by Crippen LogP contribution is -2.46. The third kappa shape index (κ3) is 7.12. The van der Waals surface area contributed by atoms with Gasteiger partial charge in [0.2, 0.25) is 0 Å². The van der Waals surface area contributed by atoms with Gasteiger partial charge in [-0.15, -0.1) is 0 Å². The minimum atomic E-state index is 0.710. The predicted molar refractivity (Wildman–Crippen MR) is 136 cm³/mol. The summed E-state index contributed by atoms with van der Waals surface area (Å²) in [5.41, 5.74) is 2.44. The Morgan fingerprint density at radius 1 is 1.03 bits per heavy atom. The first-order valence-corrected chi connectivity index (χ1v) is 11.9. The Morgan fingerprint density at radius 2 is 1.81 bits per heavy atom. The van der Waals surface area contributed by atoms with E-state index in [4.69, 9.17) is 4.98 Å². The number of hydrogen-bond acceptors (Lipinski definition) is 5. The number of aromatic nitrogens is 1. The molecule has 1 saturated heterocycles. The maximum absolute atomic E-state index is 4.69. The fourth-order valence-corrected chi connectivity index (χ4v) is 3.99. The summed E-state index contributed by atoms with van der Waals surface area (Å²) in [5, 5.41) is 6.82. The van der Waals surface area contributed by atoms with E-state index in [1.54, 1.807) is 0 Å². The largest absolute Gasteiger partial charge is 0.372 e. The number of nitrogens with zero attached hydrogens (tertiary/aromatic N) is 5. The van der Waals surface area contributed by atoms with Gasteiger partial charge in [0, 0.05) is 71.3 Å². The first-order chi connectivity index (χ1) is 15.7. The summed E-state index contributed by atoms with van der Waals surface area (Å²) < 4.78 is 0.